The van der Waals surface area contributed by atoms with Gasteiger partial charge in [-0.1, -0.05) is 0 Å². The van der Waals surface area contributed by atoms with Crippen molar-refractivity contribution >= 4 is 11.5 Å². The van der Waals surface area contributed by atoms with Gasteiger partial charge in [0, 0.05) is 43.3 Å². The first kappa shape index (κ1) is 19.1. The number of hydrogen-bond donors (Lipinski definition) is 2. The average Bonchev–Trinajstić information content (AvgIpc) is 3.50. The molecule has 1 aromatic carbocycles. The molecule has 0 unspecified atom stereocenters. The predicted molar refractivity (Wildman–Crippen MR) is 113 cm³/mol. The minimum absolute atomic E-state index is 0.0244. The Bertz CT molecular complexity index is 1350. The van der Waals surface area contributed by atoms with Crippen LogP contribution in [0.25, 0.3) is 16.9 Å². The number of aryl methyl sites for hydroxylation is 1. The molecule has 3 aromatic heterocycles. The van der Waals surface area contributed by atoms with E-state index in [9.17, 15) is 9.50 Å². The number of anilines is 1. The Hall–Kier alpha value is -3.66. The summed E-state index contributed by atoms with van der Waals surface area (Å²) in [6.45, 7) is 1.11. The summed E-state index contributed by atoms with van der Waals surface area (Å²) in [6, 6.07) is 6.97. The first-order chi connectivity index (χ1) is 15.6. The summed E-state index contributed by atoms with van der Waals surface area (Å²) in [5.41, 5.74) is 4.50. The summed E-state index contributed by atoms with van der Waals surface area (Å²) in [6.07, 6.45) is 2.07. The normalized spacial score (nSPS) is 16.9. The van der Waals surface area contributed by atoms with E-state index < -0.39 is 0 Å². The van der Waals surface area contributed by atoms with Crippen molar-refractivity contribution in [2.24, 2.45) is 7.05 Å². The predicted octanol–water partition coefficient (Wildman–Crippen LogP) is 2.28. The van der Waals surface area contributed by atoms with Crippen LogP contribution in [-0.4, -0.2) is 49.3 Å². The molecule has 5 heterocycles. The van der Waals surface area contributed by atoms with Crippen LogP contribution in [-0.2, 0) is 20.0 Å². The van der Waals surface area contributed by atoms with Crippen LogP contribution in [0.5, 0.6) is 11.5 Å². The third kappa shape index (κ3) is 2.83. The smallest absolute Gasteiger partial charge is 0.171 e. The van der Waals surface area contributed by atoms with Gasteiger partial charge in [-0.05, 0) is 24.3 Å². The topological polar surface area (TPSA) is 98.7 Å². The number of benzene rings is 1. The lowest BCUT2D eigenvalue weighted by molar-refractivity contribution is 0.249. The second-order valence-corrected chi connectivity index (χ2v) is 8.02. The number of pyridine rings is 1. The SMILES string of the molecule is Cn1nc(CCO)cc1-c1cc2c(n3cnnc13)NCc1c(F)ccc3c1[C@H](CO3)CO2. The molecule has 9 nitrogen and oxygen atoms in total. The molecule has 0 bridgehead atoms. The Kier molecular flexibility index (Phi) is 4.29. The van der Waals surface area contributed by atoms with E-state index in [0.717, 1.165) is 22.5 Å². The summed E-state index contributed by atoms with van der Waals surface area (Å²) in [5, 5.41) is 25.5. The van der Waals surface area contributed by atoms with E-state index in [1.54, 1.807) is 17.1 Å². The third-order valence-electron chi connectivity index (χ3n) is 6.09. The number of aliphatic hydroxyl groups excluding tert-OH is 1. The van der Waals surface area contributed by atoms with Crippen LogP contribution < -0.4 is 14.8 Å². The quantitative estimate of drug-likeness (QED) is 0.508. The first-order valence-corrected chi connectivity index (χ1v) is 10.5. The highest BCUT2D eigenvalue weighted by Crippen LogP contribution is 2.41. The summed E-state index contributed by atoms with van der Waals surface area (Å²) in [7, 11) is 1.85. The molecule has 2 N–H and O–H groups in total. The molecule has 6 rings (SSSR count). The molecule has 0 amide bonds. The van der Waals surface area contributed by atoms with Gasteiger partial charge < -0.3 is 19.9 Å². The van der Waals surface area contributed by atoms with Gasteiger partial charge in [0.2, 0.25) is 0 Å². The number of nitrogens with zero attached hydrogens (tertiary/aromatic N) is 5. The van der Waals surface area contributed by atoms with E-state index in [2.05, 4.69) is 20.6 Å². The maximum Gasteiger partial charge on any atom is 0.171 e. The van der Waals surface area contributed by atoms with Crippen LogP contribution in [0.2, 0.25) is 0 Å². The number of aliphatic hydroxyl groups is 1. The maximum atomic E-state index is 14.7. The fraction of sp³-hybridized carbons (Fsp3) is 0.318. The van der Waals surface area contributed by atoms with Crippen molar-refractivity contribution in [2.75, 3.05) is 25.1 Å². The molecule has 0 saturated heterocycles. The molecule has 164 valence electrons. The standard InChI is InChI=1S/C22H21FN6O3/c1-28-17(6-13(27-28)4-5-30)14-7-19-22(29-11-25-26-21(14)29)24-8-15-16(23)2-3-18-20(15)12(9-31-18)10-32-19/h2-3,6-7,11-12,24,30H,4-5,8-10H2,1H3/t12-/m1/s1. The van der Waals surface area contributed by atoms with Crippen LogP contribution >= 0.6 is 0 Å². The second kappa shape index (κ2) is 7.20. The number of nitrogens with one attached hydrogen (secondary N) is 1. The van der Waals surface area contributed by atoms with Crippen molar-refractivity contribution in [3.8, 4) is 22.8 Å². The number of fused-ring (bicyclic) bond motifs is 3. The number of halogens is 1. The number of hydrogen-bond acceptors (Lipinski definition) is 7. The molecule has 0 spiro atoms. The number of rotatable bonds is 3. The number of aromatic nitrogens is 5. The van der Waals surface area contributed by atoms with Crippen molar-refractivity contribution in [3.63, 3.8) is 0 Å². The van der Waals surface area contributed by atoms with E-state index in [4.69, 9.17) is 9.47 Å². The summed E-state index contributed by atoms with van der Waals surface area (Å²) in [4.78, 5) is 0. The molecule has 0 saturated carbocycles. The fourth-order valence-electron chi connectivity index (χ4n) is 4.59. The molecule has 32 heavy (non-hydrogen) atoms. The number of ether oxygens (including phenoxy) is 2. The Labute approximate surface area is 182 Å². The van der Waals surface area contributed by atoms with Crippen LogP contribution in [0.3, 0.4) is 0 Å². The Balaban J connectivity index is 1.49. The van der Waals surface area contributed by atoms with Gasteiger partial charge in [-0.2, -0.15) is 5.10 Å². The van der Waals surface area contributed by atoms with Gasteiger partial charge in [0.05, 0.1) is 30.5 Å². The van der Waals surface area contributed by atoms with Crippen LogP contribution in [0.4, 0.5) is 10.2 Å². The van der Waals surface area contributed by atoms with E-state index in [0.29, 0.717) is 48.2 Å². The first-order valence-electron chi connectivity index (χ1n) is 10.5. The largest absolute Gasteiger partial charge is 0.493 e. The molecule has 2 aliphatic rings. The van der Waals surface area contributed by atoms with Crippen LogP contribution in [0.1, 0.15) is 22.7 Å². The van der Waals surface area contributed by atoms with Gasteiger partial charge in [-0.15, -0.1) is 10.2 Å². The van der Waals surface area contributed by atoms with Crippen molar-refractivity contribution in [1.82, 2.24) is 24.4 Å². The van der Waals surface area contributed by atoms with Crippen molar-refractivity contribution < 1.29 is 19.0 Å². The highest BCUT2D eigenvalue weighted by atomic mass is 19.1. The Morgan fingerprint density at radius 1 is 1.22 bits per heavy atom. The molecule has 0 aliphatic carbocycles. The average molecular weight is 436 g/mol. The fourth-order valence-corrected chi connectivity index (χ4v) is 4.59. The molecule has 1 atom stereocenters. The lowest BCUT2D eigenvalue weighted by Crippen LogP contribution is -2.13. The van der Waals surface area contributed by atoms with Crippen LogP contribution in [0, 0.1) is 5.82 Å². The lowest BCUT2D eigenvalue weighted by Gasteiger charge is -2.16. The molecule has 10 heteroatoms. The highest BCUT2D eigenvalue weighted by molar-refractivity contribution is 5.80. The van der Waals surface area contributed by atoms with Crippen molar-refractivity contribution in [1.29, 1.82) is 0 Å². The zero-order valence-corrected chi connectivity index (χ0v) is 17.4. The summed E-state index contributed by atoms with van der Waals surface area (Å²) >= 11 is 0. The third-order valence-corrected chi connectivity index (χ3v) is 6.09. The summed E-state index contributed by atoms with van der Waals surface area (Å²) in [5.74, 6) is 1.65. The van der Waals surface area contributed by atoms with Crippen LogP contribution in [0.15, 0.2) is 30.6 Å². The Morgan fingerprint density at radius 2 is 2.06 bits per heavy atom. The molecule has 4 aromatic rings. The van der Waals surface area contributed by atoms with Gasteiger partial charge in [-0.25, -0.2) is 4.39 Å². The maximum absolute atomic E-state index is 14.7. The molecular formula is C22H21FN6O3. The van der Waals surface area contributed by atoms with E-state index in [-0.39, 0.29) is 24.9 Å². The van der Waals surface area contributed by atoms with E-state index in [1.165, 1.54) is 6.07 Å². The summed E-state index contributed by atoms with van der Waals surface area (Å²) < 4.78 is 30.3. The molecule has 2 aliphatic heterocycles. The minimum Gasteiger partial charge on any atom is -0.493 e. The van der Waals surface area contributed by atoms with E-state index in [1.807, 2.05) is 23.6 Å². The minimum atomic E-state index is -0.266. The van der Waals surface area contributed by atoms with Gasteiger partial charge in [0.25, 0.3) is 0 Å². The zero-order valence-electron chi connectivity index (χ0n) is 17.4. The molecule has 0 fully saturated rings. The zero-order chi connectivity index (χ0) is 21.8. The van der Waals surface area contributed by atoms with Gasteiger partial charge in [-0.3, -0.25) is 9.08 Å². The monoisotopic (exact) mass is 436 g/mol. The Morgan fingerprint density at radius 3 is 2.91 bits per heavy atom. The van der Waals surface area contributed by atoms with Crippen molar-refractivity contribution in [3.05, 3.63) is 53.2 Å². The van der Waals surface area contributed by atoms with Gasteiger partial charge >= 0.3 is 0 Å². The lowest BCUT2D eigenvalue weighted by atomic mass is 9.96. The second-order valence-electron chi connectivity index (χ2n) is 8.02. The molecule has 0 radical (unpaired) electrons. The highest BCUT2D eigenvalue weighted by Gasteiger charge is 2.31. The van der Waals surface area contributed by atoms with Gasteiger partial charge in [0.1, 0.15) is 17.9 Å². The van der Waals surface area contributed by atoms with E-state index >= 15 is 0 Å². The van der Waals surface area contributed by atoms with Crippen molar-refractivity contribution in [2.45, 2.75) is 18.9 Å². The molecular weight excluding hydrogens is 415 g/mol. The van der Waals surface area contributed by atoms with Gasteiger partial charge in [0.15, 0.2) is 17.2 Å².